The second kappa shape index (κ2) is 55.0. The highest BCUT2D eigenvalue weighted by Gasteiger charge is 2.32. The molecule has 0 saturated carbocycles. The monoisotopic (exact) mass is 1860 g/mol. The van der Waals surface area contributed by atoms with Crippen LogP contribution in [0.3, 0.4) is 0 Å². The molecule has 0 spiro atoms. The van der Waals surface area contributed by atoms with Gasteiger partial charge >= 0.3 is 137 Å². The minimum Gasteiger partial charge on any atom is -0.329 e. The van der Waals surface area contributed by atoms with Gasteiger partial charge in [0, 0.05) is 78.5 Å². The molecule has 0 heterocycles. The molecule has 0 amide bonds. The highest BCUT2D eigenvalue weighted by atomic mass is 31.3. The molecule has 0 unspecified atom stereocenters. The van der Waals surface area contributed by atoms with Crippen molar-refractivity contribution in [2.75, 3.05) is 132 Å². The molecule has 0 radical (unpaired) electrons. The lowest BCUT2D eigenvalue weighted by Gasteiger charge is -2.08. The Morgan fingerprint density at radius 3 is 0.240 bits per heavy atom. The normalized spacial score (nSPS) is 13.3. The van der Waals surface area contributed by atoms with Crippen LogP contribution < -0.4 is 38.1 Å². The van der Waals surface area contributed by atoms with Crippen molar-refractivity contribution in [1.82, 2.24) is 26.6 Å². The van der Waals surface area contributed by atoms with Crippen molar-refractivity contribution in [3.63, 3.8) is 0 Å². The molecule has 0 fully saturated rings. The molecule has 0 aliphatic rings. The number of nitrogens with two attached hydrogens (primary N) is 2. The summed E-state index contributed by atoms with van der Waals surface area (Å²) in [4.78, 5) is 287. The zero-order valence-electron chi connectivity index (χ0n) is 50.0. The second-order valence-corrected chi connectivity index (χ2v) is 51.7. The van der Waals surface area contributed by atoms with E-state index in [1.54, 1.807) is 0 Å². The van der Waals surface area contributed by atoms with Crippen LogP contribution in [0.25, 0.3) is 0 Å². The van der Waals surface area contributed by atoms with Gasteiger partial charge in [-0.15, -0.1) is 0 Å². The largest absolute Gasteiger partial charge is 0.337 e. The SMILES string of the molecule is NCCNCCNCCNCCNCCNCCN.O=P(O)(O)CP(=O)(O)O.O=P(O)(O)CP(=O)(O)O.O=P(O)(O)CP(=O)(O)O.O=P(O)(O)CP(=O)(O)O.O=P(O)(O)CP(=O)(O)O.O=P(O)(O)CP(=O)(O)O.O=P(O)(O)CP(=O)(O)O.O=P(O)(O)CP(=O)(O)O.O=P(O)(O)CP(=O)(O)O. The fourth-order valence-corrected chi connectivity index (χ4v) is 21.0. The molecule has 0 bridgehead atoms. The first-order valence-corrected chi connectivity index (χ1v) is 55.9. The highest BCUT2D eigenvalue weighted by molar-refractivity contribution is 7.73. The third-order valence-corrected chi connectivity index (χ3v) is 32.4. The molecule has 0 aromatic carbocycles. The summed E-state index contributed by atoms with van der Waals surface area (Å²) in [6, 6.07) is 0. The van der Waals surface area contributed by atoms with Gasteiger partial charge in [-0.3, -0.25) is 82.2 Å². The van der Waals surface area contributed by atoms with Crippen molar-refractivity contribution in [3.8, 4) is 0 Å². The summed E-state index contributed by atoms with van der Waals surface area (Å²) in [6.07, 6.45) is 0. The maximum atomic E-state index is 9.85. The number of hydrogen-bond donors (Lipinski definition) is 43. The molecule has 0 aromatic heterocycles. The van der Waals surface area contributed by atoms with E-state index in [1.807, 2.05) is 0 Å². The first-order valence-electron chi connectivity index (χ1n) is 23.5. The van der Waals surface area contributed by atoms with Crippen LogP contribution in [0.4, 0.5) is 0 Å². The Hall–Kier alpha value is 2.42. The fraction of sp³-hybridized carbons (Fsp3) is 1.00. The Kier molecular flexibility index (Phi) is 67.8. The minimum atomic E-state index is -4.55. The average Bonchev–Trinajstić information content (AvgIpc) is 1.01. The Bertz CT molecular complexity index is 2320. The molecule has 0 aromatic rings. The maximum Gasteiger partial charge on any atom is 0.337 e. The smallest absolute Gasteiger partial charge is 0.329 e. The number of nitrogens with one attached hydrogen (secondary N) is 5. The summed E-state index contributed by atoms with van der Waals surface area (Å²) in [5.74, 6) is -12.4. The van der Waals surface area contributed by atoms with E-state index in [9.17, 15) is 82.2 Å². The van der Waals surface area contributed by atoms with Crippen LogP contribution in [-0.4, -0.2) is 308 Å². The first-order chi connectivity index (χ1) is 42.8. The number of rotatable bonds is 34. The van der Waals surface area contributed by atoms with Crippen LogP contribution in [0.15, 0.2) is 0 Å². The van der Waals surface area contributed by atoms with Crippen molar-refractivity contribution < 1.29 is 258 Å². The molecular weight excluding hydrogens is 1770 g/mol. The summed E-state index contributed by atoms with van der Waals surface area (Å²) in [5, 5.41) is 16.6. The first kappa shape index (κ1) is 123. The molecule has 79 heteroatoms. The van der Waals surface area contributed by atoms with Crippen LogP contribution in [0.2, 0.25) is 0 Å². The second-order valence-electron chi connectivity index (χ2n) is 17.6. The zero-order chi connectivity index (χ0) is 83.4. The molecule has 100 heavy (non-hydrogen) atoms. The van der Waals surface area contributed by atoms with Crippen molar-refractivity contribution in [2.45, 2.75) is 0 Å². The Balaban J connectivity index is -0.000000114. The Morgan fingerprint density at radius 2 is 0.200 bits per heavy atom. The van der Waals surface area contributed by atoms with Crippen molar-refractivity contribution in [2.24, 2.45) is 11.5 Å². The van der Waals surface area contributed by atoms with E-state index in [-0.39, 0.29) is 0 Å². The summed E-state index contributed by atoms with van der Waals surface area (Å²) >= 11 is 0. The van der Waals surface area contributed by atoms with E-state index in [0.717, 1.165) is 65.4 Å². The lowest BCUT2D eigenvalue weighted by molar-refractivity contribution is 0.352. The molecule has 0 aliphatic carbocycles. The van der Waals surface area contributed by atoms with Crippen molar-refractivity contribution >= 4 is 137 Å². The highest BCUT2D eigenvalue weighted by Crippen LogP contribution is 2.57. The van der Waals surface area contributed by atoms with E-state index in [1.165, 1.54) is 0 Å². The number of hydrogen-bond acceptors (Lipinski definition) is 25. The van der Waals surface area contributed by atoms with Gasteiger partial charge in [0.2, 0.25) is 0 Å². The quantitative estimate of drug-likeness (QED) is 0.0210. The zero-order valence-corrected chi connectivity index (χ0v) is 66.1. The van der Waals surface area contributed by atoms with E-state index in [0.29, 0.717) is 13.1 Å². The van der Waals surface area contributed by atoms with Gasteiger partial charge in [0.05, 0.1) is 0 Å². The predicted molar refractivity (Wildman–Crippen MR) is 343 cm³/mol. The predicted octanol–water partition coefficient (Wildman–Crippen LogP) is -9.45. The van der Waals surface area contributed by atoms with Gasteiger partial charge in [-0.1, -0.05) is 0 Å². The fourth-order valence-electron chi connectivity index (χ4n) is 3.70. The standard InChI is InChI=1S/C12H33N7.9CH6O6P2/c13-1-3-15-5-7-17-9-11-19-12-10-18-8-6-16-4-2-14;9*2-8(3,4)1-9(5,6)7/h15-19H,1-14H2;9*1H2,(H2,2,3,4)(H2,5,6,7). The van der Waals surface area contributed by atoms with E-state index in [2.05, 4.69) is 26.6 Å². The van der Waals surface area contributed by atoms with E-state index < -0.39 is 190 Å². The molecular formula is C21H87N7O54P18. The van der Waals surface area contributed by atoms with Crippen LogP contribution in [0, 0.1) is 0 Å². The van der Waals surface area contributed by atoms with E-state index in [4.69, 9.17) is 188 Å². The average molecular weight is 1860 g/mol. The van der Waals surface area contributed by atoms with Crippen LogP contribution in [-0.2, 0) is 82.2 Å². The molecule has 0 aliphatic heterocycles. The van der Waals surface area contributed by atoms with Gasteiger partial charge in [0.25, 0.3) is 0 Å². The Labute approximate surface area is 562 Å². The third-order valence-electron chi connectivity index (χ3n) is 5.87. The summed E-state index contributed by atoms with van der Waals surface area (Å²) in [5.41, 5.74) is 10.7. The maximum absolute atomic E-state index is 9.85. The molecule has 61 nitrogen and oxygen atoms in total. The van der Waals surface area contributed by atoms with E-state index >= 15 is 0 Å². The van der Waals surface area contributed by atoms with Crippen molar-refractivity contribution in [3.05, 3.63) is 0 Å². The topological polar surface area (TPSA) is 1150 Å². The van der Waals surface area contributed by atoms with Crippen LogP contribution in [0.1, 0.15) is 0 Å². The molecule has 45 N–H and O–H groups in total. The van der Waals surface area contributed by atoms with Gasteiger partial charge in [0.1, 0.15) is 0 Å². The van der Waals surface area contributed by atoms with Gasteiger partial charge in [0.15, 0.2) is 53.1 Å². The van der Waals surface area contributed by atoms with Gasteiger partial charge in [-0.05, 0) is 0 Å². The lowest BCUT2D eigenvalue weighted by Crippen LogP contribution is -2.37. The minimum absolute atomic E-state index is 0.705. The molecule has 0 rings (SSSR count). The van der Waals surface area contributed by atoms with Gasteiger partial charge < -0.3 is 214 Å². The third kappa shape index (κ3) is 189. The summed E-state index contributed by atoms with van der Waals surface area (Å²) in [7, 11) is -81.9. The molecule has 0 atom stereocenters. The molecule has 0 saturated heterocycles. The van der Waals surface area contributed by atoms with Crippen LogP contribution in [0.5, 0.6) is 0 Å². The summed E-state index contributed by atoms with van der Waals surface area (Å²) < 4.78 is 177. The van der Waals surface area contributed by atoms with Crippen molar-refractivity contribution in [1.29, 1.82) is 0 Å². The Morgan fingerprint density at radius 1 is 0.140 bits per heavy atom. The summed E-state index contributed by atoms with van der Waals surface area (Å²) in [6.45, 7) is 11.2. The molecule has 620 valence electrons. The van der Waals surface area contributed by atoms with Crippen LogP contribution >= 0.6 is 137 Å². The van der Waals surface area contributed by atoms with Gasteiger partial charge in [-0.2, -0.15) is 0 Å². The lowest BCUT2D eigenvalue weighted by atomic mass is 10.5. The van der Waals surface area contributed by atoms with Gasteiger partial charge in [-0.25, -0.2) is 0 Å².